The third-order valence-electron chi connectivity index (χ3n) is 8.31. The summed E-state index contributed by atoms with van der Waals surface area (Å²) in [6, 6.07) is 10.9. The van der Waals surface area contributed by atoms with Gasteiger partial charge in [-0.2, -0.15) is 26.3 Å². The van der Waals surface area contributed by atoms with Gasteiger partial charge in [-0.3, -0.25) is 9.59 Å². The average molecular weight is 599 g/mol. The highest BCUT2D eigenvalue weighted by atomic mass is 19.4. The smallest absolute Gasteiger partial charge is 0.370 e. The van der Waals surface area contributed by atoms with Crippen molar-refractivity contribution in [2.45, 2.75) is 88.9 Å². The lowest BCUT2D eigenvalue weighted by atomic mass is 9.83. The van der Waals surface area contributed by atoms with Crippen molar-refractivity contribution in [2.24, 2.45) is 5.92 Å². The molecule has 2 aromatic carbocycles. The number of hydrogen-bond acceptors (Lipinski definition) is 3. The summed E-state index contributed by atoms with van der Waals surface area (Å²) in [4.78, 5) is 27.0. The second-order valence-electron chi connectivity index (χ2n) is 11.2. The summed E-state index contributed by atoms with van der Waals surface area (Å²) in [7, 11) is 0. The van der Waals surface area contributed by atoms with Crippen molar-refractivity contribution in [2.75, 3.05) is 13.1 Å². The summed E-state index contributed by atoms with van der Waals surface area (Å²) in [5.74, 6) is -0.472. The van der Waals surface area contributed by atoms with Crippen molar-refractivity contribution < 1.29 is 40.7 Å². The third kappa shape index (κ3) is 7.85. The molecule has 2 aliphatic rings. The first-order chi connectivity index (χ1) is 19.8. The van der Waals surface area contributed by atoms with Crippen molar-refractivity contribution >= 4 is 11.8 Å². The van der Waals surface area contributed by atoms with E-state index in [4.69, 9.17) is 4.74 Å². The number of piperidine rings is 1. The topological polar surface area (TPSA) is 58.6 Å². The fourth-order valence-corrected chi connectivity index (χ4v) is 5.94. The van der Waals surface area contributed by atoms with E-state index in [-0.39, 0.29) is 41.3 Å². The molecule has 1 heterocycles. The first-order valence-electron chi connectivity index (χ1n) is 14.3. The number of benzene rings is 2. The van der Waals surface area contributed by atoms with Gasteiger partial charge in [0, 0.05) is 37.4 Å². The number of nitrogens with zero attached hydrogens (tertiary/aromatic N) is 1. The van der Waals surface area contributed by atoms with E-state index in [1.807, 2.05) is 30.3 Å². The van der Waals surface area contributed by atoms with E-state index in [1.165, 1.54) is 6.92 Å². The molecule has 42 heavy (non-hydrogen) atoms. The van der Waals surface area contributed by atoms with Gasteiger partial charge in [-0.1, -0.05) is 37.3 Å². The van der Waals surface area contributed by atoms with E-state index in [0.717, 1.165) is 18.4 Å². The number of alkyl halides is 6. The number of nitrogens with one attached hydrogen (secondary N) is 1. The zero-order valence-corrected chi connectivity index (χ0v) is 23.6. The molecule has 0 aromatic heterocycles. The maximum atomic E-state index is 13.5. The van der Waals surface area contributed by atoms with Crippen LogP contribution in [0.5, 0.6) is 0 Å². The second kappa shape index (κ2) is 13.1. The van der Waals surface area contributed by atoms with Gasteiger partial charge in [0.2, 0.25) is 11.8 Å². The summed E-state index contributed by atoms with van der Waals surface area (Å²) in [5, 5.41) is 2.99. The lowest BCUT2D eigenvalue weighted by Gasteiger charge is -2.42. The molecule has 0 unspecified atom stereocenters. The summed E-state index contributed by atoms with van der Waals surface area (Å²) in [6.07, 6.45) is -7.94. The Labute approximate surface area is 241 Å². The Hall–Kier alpha value is -3.08. The molecule has 11 heteroatoms. The lowest BCUT2D eigenvalue weighted by molar-refractivity contribution is -0.143. The van der Waals surface area contributed by atoms with E-state index in [2.05, 4.69) is 5.32 Å². The molecule has 5 nitrogen and oxygen atoms in total. The number of amides is 2. The first-order valence-corrected chi connectivity index (χ1v) is 14.3. The normalized spacial score (nSPS) is 24.2. The lowest BCUT2D eigenvalue weighted by Crippen LogP contribution is -2.49. The van der Waals surface area contributed by atoms with E-state index in [9.17, 15) is 35.9 Å². The summed E-state index contributed by atoms with van der Waals surface area (Å²) < 4.78 is 86.9. The Morgan fingerprint density at radius 3 is 2.07 bits per heavy atom. The number of carbonyl (C=O) groups excluding carboxylic acids is 2. The Balaban J connectivity index is 1.50. The molecular formula is C31H36F6N2O3. The predicted octanol–water partition coefficient (Wildman–Crippen LogP) is 7.27. The molecule has 4 rings (SSSR count). The van der Waals surface area contributed by atoms with Crippen LogP contribution in [-0.2, 0) is 26.7 Å². The number of carbonyl (C=O) groups is 2. The van der Waals surface area contributed by atoms with Crippen molar-refractivity contribution in [1.82, 2.24) is 10.2 Å². The molecular weight excluding hydrogens is 562 g/mol. The molecule has 1 N–H and O–H groups in total. The Bertz CT molecular complexity index is 1190. The minimum atomic E-state index is -4.95. The molecule has 2 amide bonds. The Kier molecular flexibility index (Phi) is 9.90. The molecule has 1 saturated carbocycles. The number of likely N-dealkylation sites (tertiary alicyclic amines) is 1. The third-order valence-corrected chi connectivity index (χ3v) is 8.31. The number of hydrogen-bond donors (Lipinski definition) is 1. The van der Waals surface area contributed by atoms with Crippen molar-refractivity contribution in [1.29, 1.82) is 0 Å². The van der Waals surface area contributed by atoms with Crippen molar-refractivity contribution in [3.63, 3.8) is 0 Å². The number of halogens is 6. The molecule has 0 radical (unpaired) electrons. The van der Waals surface area contributed by atoms with Gasteiger partial charge in [-0.05, 0) is 68.4 Å². The summed E-state index contributed by atoms with van der Waals surface area (Å²) in [6.45, 7) is 3.93. The van der Waals surface area contributed by atoms with Gasteiger partial charge in [0.05, 0.1) is 23.3 Å². The van der Waals surface area contributed by atoms with Crippen molar-refractivity contribution in [3.05, 3.63) is 70.8 Å². The quantitative estimate of drug-likeness (QED) is 0.341. The van der Waals surface area contributed by atoms with Crippen LogP contribution in [0.25, 0.3) is 0 Å². The molecule has 1 saturated heterocycles. The molecule has 0 bridgehead atoms. The zero-order valence-electron chi connectivity index (χ0n) is 23.6. The molecule has 1 aliphatic heterocycles. The first kappa shape index (κ1) is 31.8. The minimum Gasteiger partial charge on any atom is -0.370 e. The van der Waals surface area contributed by atoms with Crippen LogP contribution in [0.4, 0.5) is 26.3 Å². The maximum absolute atomic E-state index is 13.5. The van der Waals surface area contributed by atoms with Crippen LogP contribution >= 0.6 is 0 Å². The van der Waals surface area contributed by atoms with Gasteiger partial charge in [-0.25, -0.2) is 0 Å². The SMILES string of the molecule is CCC(=O)N[C@H]1CC[C@H](C(=O)N2CC[C@@H](O[C@H](C)c3cc(C(F)(F)F)cc(C(F)(F)F)c3)[C@@H](c3ccccc3)C2)CC1. The summed E-state index contributed by atoms with van der Waals surface area (Å²) in [5.41, 5.74) is -2.11. The van der Waals surface area contributed by atoms with Crippen LogP contribution in [0, 0.1) is 5.92 Å². The van der Waals surface area contributed by atoms with E-state index in [1.54, 1.807) is 11.8 Å². The largest absolute Gasteiger partial charge is 0.416 e. The molecule has 230 valence electrons. The molecule has 2 fully saturated rings. The van der Waals surface area contributed by atoms with Crippen LogP contribution < -0.4 is 5.32 Å². The van der Waals surface area contributed by atoms with Crippen LogP contribution in [0.2, 0.25) is 0 Å². The highest BCUT2D eigenvalue weighted by Gasteiger charge is 2.40. The van der Waals surface area contributed by atoms with Crippen LogP contribution in [0.3, 0.4) is 0 Å². The van der Waals surface area contributed by atoms with Gasteiger partial charge < -0.3 is 15.0 Å². The monoisotopic (exact) mass is 598 g/mol. The molecule has 3 atom stereocenters. The van der Waals surface area contributed by atoms with Crippen LogP contribution in [0.1, 0.15) is 86.6 Å². The van der Waals surface area contributed by atoms with E-state index >= 15 is 0 Å². The minimum absolute atomic E-state index is 0.00783. The van der Waals surface area contributed by atoms with Crippen LogP contribution in [-0.4, -0.2) is 41.9 Å². The average Bonchev–Trinajstić information content (AvgIpc) is 2.96. The van der Waals surface area contributed by atoms with Gasteiger partial charge in [-0.15, -0.1) is 0 Å². The van der Waals surface area contributed by atoms with Gasteiger partial charge in [0.1, 0.15) is 0 Å². The molecule has 1 aliphatic carbocycles. The highest BCUT2D eigenvalue weighted by Crippen LogP contribution is 2.40. The number of ether oxygens (including phenoxy) is 1. The molecule has 2 aromatic rings. The van der Waals surface area contributed by atoms with Gasteiger partial charge >= 0.3 is 12.4 Å². The predicted molar refractivity (Wildman–Crippen MR) is 144 cm³/mol. The highest BCUT2D eigenvalue weighted by molar-refractivity contribution is 5.79. The maximum Gasteiger partial charge on any atom is 0.416 e. The van der Waals surface area contributed by atoms with Crippen molar-refractivity contribution in [3.8, 4) is 0 Å². The van der Waals surface area contributed by atoms with E-state index < -0.39 is 35.7 Å². The zero-order chi connectivity index (χ0) is 30.7. The Morgan fingerprint density at radius 2 is 1.52 bits per heavy atom. The standard InChI is InChI=1S/C31H36F6N2O3/c1-3-28(40)38-25-11-9-21(10-12-25)29(41)39-14-13-27(26(18-39)20-7-5-4-6-8-20)42-19(2)22-15-23(30(32,33)34)17-24(16-22)31(35,36)37/h4-8,15-17,19,21,25-27H,3,9-14,18H2,1-2H3,(H,38,40)/t19-,21-,25-,26-,27-/m1/s1. The molecule has 0 spiro atoms. The Morgan fingerprint density at radius 1 is 0.929 bits per heavy atom. The van der Waals surface area contributed by atoms with Gasteiger partial charge in [0.15, 0.2) is 0 Å². The number of rotatable bonds is 7. The fourth-order valence-electron chi connectivity index (χ4n) is 5.94. The van der Waals surface area contributed by atoms with Gasteiger partial charge in [0.25, 0.3) is 0 Å². The van der Waals surface area contributed by atoms with Crippen LogP contribution in [0.15, 0.2) is 48.5 Å². The van der Waals surface area contributed by atoms with E-state index in [0.29, 0.717) is 50.9 Å². The summed E-state index contributed by atoms with van der Waals surface area (Å²) >= 11 is 0. The second-order valence-corrected chi connectivity index (χ2v) is 11.2. The fraction of sp³-hybridized carbons (Fsp3) is 0.548.